The van der Waals surface area contributed by atoms with Crippen LogP contribution in [0.1, 0.15) is 5.56 Å². The van der Waals surface area contributed by atoms with Crippen LogP contribution >= 0.6 is 0 Å². The van der Waals surface area contributed by atoms with Crippen molar-refractivity contribution in [1.82, 2.24) is 5.23 Å². The molecule has 0 radical (unpaired) electrons. The number of ether oxygens (including phenoxy) is 3. The fraction of sp³-hybridized carbons (Fsp3) is 0.538. The first kappa shape index (κ1) is 27.8. The number of hydrogen-bond donors (Lipinski definition) is 0. The van der Waals surface area contributed by atoms with E-state index in [0.717, 1.165) is 24.3 Å². The minimum absolute atomic E-state index is 0.0243. The van der Waals surface area contributed by atoms with Gasteiger partial charge in [-0.3, -0.25) is 5.01 Å². The van der Waals surface area contributed by atoms with Gasteiger partial charge in [-0.05, 0) is 41.1 Å². The predicted molar refractivity (Wildman–Crippen MR) is 144 cm³/mol. The molecular formula is C26H40F2N2O3Si2. The summed E-state index contributed by atoms with van der Waals surface area (Å²) in [7, 11) is -2.38. The number of nitrogens with zero attached hydrogens (tertiary/aromatic N) is 2. The Labute approximate surface area is 210 Å². The zero-order valence-corrected chi connectivity index (χ0v) is 24.0. The van der Waals surface area contributed by atoms with Gasteiger partial charge in [0, 0.05) is 40.5 Å². The first-order chi connectivity index (χ1) is 16.4. The summed E-state index contributed by atoms with van der Waals surface area (Å²) in [6.07, 6.45) is 0. The number of benzene rings is 2. The van der Waals surface area contributed by atoms with Crippen molar-refractivity contribution in [2.75, 3.05) is 38.2 Å². The summed E-state index contributed by atoms with van der Waals surface area (Å²) < 4.78 is 47.1. The topological polar surface area (TPSA) is 34.2 Å². The molecule has 0 fully saturated rings. The Morgan fingerprint density at radius 2 is 1.49 bits per heavy atom. The second-order valence-corrected chi connectivity index (χ2v) is 22.7. The number of para-hydroxylation sites is 1. The van der Waals surface area contributed by atoms with Crippen LogP contribution in [-0.4, -0.2) is 54.5 Å². The van der Waals surface area contributed by atoms with Gasteiger partial charge in [0.2, 0.25) is 0 Å². The average Bonchev–Trinajstić information content (AvgIpc) is 3.07. The van der Waals surface area contributed by atoms with Crippen molar-refractivity contribution in [3.05, 3.63) is 47.8 Å². The Morgan fingerprint density at radius 1 is 0.829 bits per heavy atom. The quantitative estimate of drug-likeness (QED) is 0.161. The highest BCUT2D eigenvalue weighted by atomic mass is 28.3. The summed E-state index contributed by atoms with van der Waals surface area (Å²) in [5.74, 6) is 0.204. The predicted octanol–water partition coefficient (Wildman–Crippen LogP) is 6.96. The average molecular weight is 523 g/mol. The standard InChI is InChI=1S/C26H40F2N2O3Si2/c1-34(2,3)15-13-31-11-12-33-26-10-8-7-9-22(26)23-17-21(27)18-25-24(23)19-30(28)29(25)20-32-14-16-35(4,5)6/h7-10,17-18H,11-16,19-20H2,1-6H3. The van der Waals surface area contributed by atoms with Gasteiger partial charge in [-0.2, -0.15) is 0 Å². The molecule has 2 aromatic carbocycles. The van der Waals surface area contributed by atoms with Crippen molar-refractivity contribution in [3.63, 3.8) is 0 Å². The highest BCUT2D eigenvalue weighted by molar-refractivity contribution is 6.76. The molecule has 0 spiro atoms. The van der Waals surface area contributed by atoms with Crippen LogP contribution in [0.5, 0.6) is 5.75 Å². The van der Waals surface area contributed by atoms with Gasteiger partial charge in [0.05, 0.1) is 18.8 Å². The third-order valence-corrected chi connectivity index (χ3v) is 9.30. The first-order valence-electron chi connectivity index (χ1n) is 12.4. The minimum Gasteiger partial charge on any atom is -0.491 e. The highest BCUT2D eigenvalue weighted by Crippen LogP contribution is 2.42. The van der Waals surface area contributed by atoms with Crippen molar-refractivity contribution in [2.24, 2.45) is 0 Å². The molecule has 0 saturated heterocycles. The van der Waals surface area contributed by atoms with Crippen LogP contribution < -0.4 is 9.75 Å². The number of rotatable bonds is 13. The van der Waals surface area contributed by atoms with Crippen molar-refractivity contribution in [1.29, 1.82) is 0 Å². The molecule has 35 heavy (non-hydrogen) atoms. The van der Waals surface area contributed by atoms with Crippen LogP contribution in [0, 0.1) is 5.82 Å². The molecule has 0 saturated carbocycles. The molecule has 9 heteroatoms. The lowest BCUT2D eigenvalue weighted by Crippen LogP contribution is -2.34. The maximum atomic E-state index is 14.9. The Morgan fingerprint density at radius 3 is 2.17 bits per heavy atom. The summed E-state index contributed by atoms with van der Waals surface area (Å²) in [5, 5.41) is 1.96. The van der Waals surface area contributed by atoms with Gasteiger partial charge in [-0.15, -0.1) is 4.48 Å². The first-order valence-corrected chi connectivity index (χ1v) is 19.8. The normalized spacial score (nSPS) is 14.5. The van der Waals surface area contributed by atoms with E-state index in [4.69, 9.17) is 14.2 Å². The number of fused-ring (bicyclic) bond motifs is 1. The monoisotopic (exact) mass is 522 g/mol. The van der Waals surface area contributed by atoms with E-state index in [1.165, 1.54) is 17.1 Å². The maximum absolute atomic E-state index is 14.9. The van der Waals surface area contributed by atoms with Crippen LogP contribution in [0.15, 0.2) is 36.4 Å². The molecule has 0 aliphatic carbocycles. The molecule has 194 valence electrons. The van der Waals surface area contributed by atoms with E-state index in [2.05, 4.69) is 39.3 Å². The van der Waals surface area contributed by atoms with E-state index in [1.54, 1.807) is 0 Å². The molecule has 0 unspecified atom stereocenters. The Bertz CT molecular complexity index is 980. The van der Waals surface area contributed by atoms with E-state index >= 15 is 0 Å². The van der Waals surface area contributed by atoms with Gasteiger partial charge >= 0.3 is 0 Å². The zero-order valence-electron chi connectivity index (χ0n) is 22.0. The van der Waals surface area contributed by atoms with Gasteiger partial charge in [0.15, 0.2) is 0 Å². The molecule has 0 aromatic heterocycles. The van der Waals surface area contributed by atoms with Crippen LogP contribution in [0.4, 0.5) is 14.6 Å². The molecular weight excluding hydrogens is 482 g/mol. The summed E-state index contributed by atoms with van der Waals surface area (Å²) in [6.45, 7) is 16.0. The number of anilines is 1. The van der Waals surface area contributed by atoms with Gasteiger partial charge in [-0.25, -0.2) is 4.39 Å². The third kappa shape index (κ3) is 8.39. The van der Waals surface area contributed by atoms with E-state index in [0.29, 0.717) is 47.6 Å². The molecule has 0 atom stereocenters. The molecule has 0 bridgehead atoms. The van der Waals surface area contributed by atoms with Crippen LogP contribution in [0.3, 0.4) is 0 Å². The van der Waals surface area contributed by atoms with Crippen molar-refractivity contribution in [2.45, 2.75) is 57.9 Å². The van der Waals surface area contributed by atoms with Gasteiger partial charge < -0.3 is 14.2 Å². The number of halogens is 2. The van der Waals surface area contributed by atoms with Crippen LogP contribution in [-0.2, 0) is 16.0 Å². The Hall–Kier alpha value is -1.79. The van der Waals surface area contributed by atoms with Crippen molar-refractivity contribution in [3.8, 4) is 16.9 Å². The maximum Gasteiger partial charge on any atom is 0.136 e. The number of hydrazine groups is 1. The minimum atomic E-state index is -1.25. The van der Waals surface area contributed by atoms with E-state index in [1.807, 2.05) is 24.3 Å². The van der Waals surface area contributed by atoms with Crippen LogP contribution in [0.2, 0.25) is 51.4 Å². The fourth-order valence-electron chi connectivity index (χ4n) is 3.76. The molecule has 3 rings (SSSR count). The van der Waals surface area contributed by atoms with Gasteiger partial charge in [0.1, 0.15) is 24.9 Å². The summed E-state index contributed by atoms with van der Waals surface area (Å²) in [6, 6.07) is 12.4. The smallest absolute Gasteiger partial charge is 0.136 e. The van der Waals surface area contributed by atoms with E-state index < -0.39 is 22.0 Å². The summed E-state index contributed by atoms with van der Waals surface area (Å²) >= 11 is 0. The van der Waals surface area contributed by atoms with Gasteiger partial charge in [0.25, 0.3) is 0 Å². The molecule has 0 N–H and O–H groups in total. The Kier molecular flexibility index (Phi) is 9.50. The lowest BCUT2D eigenvalue weighted by molar-refractivity contribution is -0.0209. The lowest BCUT2D eigenvalue weighted by atomic mass is 9.97. The highest BCUT2D eigenvalue weighted by Gasteiger charge is 2.31. The largest absolute Gasteiger partial charge is 0.491 e. The third-order valence-electron chi connectivity index (χ3n) is 5.89. The van der Waals surface area contributed by atoms with Gasteiger partial charge in [-0.1, -0.05) is 57.5 Å². The summed E-state index contributed by atoms with van der Waals surface area (Å²) in [4.78, 5) is 0. The molecule has 0 amide bonds. The molecule has 1 heterocycles. The fourth-order valence-corrected chi connectivity index (χ4v) is 5.27. The number of hydrogen-bond acceptors (Lipinski definition) is 5. The molecule has 1 aliphatic heterocycles. The van der Waals surface area contributed by atoms with Crippen molar-refractivity contribution < 1.29 is 23.1 Å². The van der Waals surface area contributed by atoms with E-state index in [9.17, 15) is 8.87 Å². The second-order valence-electron chi connectivity index (χ2n) is 11.5. The summed E-state index contributed by atoms with van der Waals surface area (Å²) in [5.41, 5.74) is 2.56. The molecule has 1 aliphatic rings. The zero-order chi connectivity index (χ0) is 25.6. The lowest BCUT2D eigenvalue weighted by Gasteiger charge is -2.24. The van der Waals surface area contributed by atoms with Crippen molar-refractivity contribution >= 4 is 21.8 Å². The molecule has 5 nitrogen and oxygen atoms in total. The molecule has 2 aromatic rings. The second kappa shape index (κ2) is 12.0. The van der Waals surface area contributed by atoms with E-state index in [-0.39, 0.29) is 13.3 Å². The van der Waals surface area contributed by atoms with Crippen LogP contribution in [0.25, 0.3) is 11.1 Å². The SMILES string of the molecule is C[Si](C)(C)CCOCCOc1ccccc1-c1cc(F)cc2c1CN(F)N2COCC[Si](C)(C)C. The Balaban J connectivity index is 1.71.